The molecule has 13 rings (SSSR count). The molecule has 0 spiro atoms. The van der Waals surface area contributed by atoms with Crippen LogP contribution in [0.2, 0.25) is 0 Å². The molecule has 53 heavy (non-hydrogen) atoms. The topological polar surface area (TPSA) is 48.3 Å². The molecule has 0 saturated carbocycles. The van der Waals surface area contributed by atoms with Crippen molar-refractivity contribution in [2.75, 3.05) is 0 Å². The third-order valence-corrected chi connectivity index (χ3v) is 11.4. The Labute approximate surface area is 300 Å². The van der Waals surface area contributed by atoms with Crippen LogP contribution in [0, 0.1) is 0 Å². The number of para-hydroxylation sites is 3. The molecule has 0 saturated heterocycles. The molecule has 0 amide bonds. The first kappa shape index (κ1) is 27.5. The number of nitrogens with zero attached hydrogens (tertiary/aromatic N) is 4. The predicted molar refractivity (Wildman–Crippen MR) is 219 cm³/mol. The van der Waals surface area contributed by atoms with Crippen LogP contribution in [0.4, 0.5) is 0 Å². The first-order chi connectivity index (χ1) is 26.3. The molecule has 0 bridgehead atoms. The Morgan fingerprint density at radius 1 is 0.434 bits per heavy atom. The van der Waals surface area contributed by atoms with Crippen LogP contribution in [0.25, 0.3) is 121 Å². The standard InChI is InChI=1S/C48H26N4O/c1-2-12-28-23-31(22-21-27(28)11-1)47-49-43-34-17-7-10-20-41(34)53-46(43)48(50-47)52-40-25-30-14-4-3-13-29(30)24-35(40)37-26-36-32-15-5-8-18-38(32)51-39-19-9-6-16-33(39)42(44(36)51)45(37)52/h1-26H. The van der Waals surface area contributed by atoms with Crippen LogP contribution in [0.15, 0.2) is 162 Å². The molecule has 5 aromatic heterocycles. The van der Waals surface area contributed by atoms with Crippen molar-refractivity contribution in [1.29, 1.82) is 0 Å². The van der Waals surface area contributed by atoms with Crippen molar-refractivity contribution in [3.8, 4) is 17.2 Å². The Hall–Kier alpha value is -7.24. The molecule has 5 nitrogen and oxygen atoms in total. The van der Waals surface area contributed by atoms with Crippen molar-refractivity contribution < 1.29 is 4.42 Å². The van der Waals surface area contributed by atoms with Crippen molar-refractivity contribution >= 4 is 104 Å². The number of benzene rings is 8. The van der Waals surface area contributed by atoms with Crippen molar-refractivity contribution in [1.82, 2.24) is 18.9 Å². The first-order valence-electron chi connectivity index (χ1n) is 18.0. The van der Waals surface area contributed by atoms with Crippen molar-refractivity contribution in [2.24, 2.45) is 0 Å². The summed E-state index contributed by atoms with van der Waals surface area (Å²) in [6.45, 7) is 0. The molecular weight excluding hydrogens is 649 g/mol. The summed E-state index contributed by atoms with van der Waals surface area (Å²) in [6.07, 6.45) is 0. The normalized spacial score (nSPS) is 12.5. The van der Waals surface area contributed by atoms with Gasteiger partial charge in [0.25, 0.3) is 0 Å². The number of hydrogen-bond acceptors (Lipinski definition) is 3. The van der Waals surface area contributed by atoms with Crippen molar-refractivity contribution in [3.05, 3.63) is 158 Å². The van der Waals surface area contributed by atoms with Crippen LogP contribution in [0.5, 0.6) is 0 Å². The fourth-order valence-corrected chi connectivity index (χ4v) is 9.09. The molecular formula is C48H26N4O. The van der Waals surface area contributed by atoms with Crippen LogP contribution >= 0.6 is 0 Å². The van der Waals surface area contributed by atoms with Gasteiger partial charge < -0.3 is 8.82 Å². The second-order valence-electron chi connectivity index (χ2n) is 14.2. The number of fused-ring (bicyclic) bond motifs is 15. The largest absolute Gasteiger partial charge is 0.450 e. The second-order valence-corrected chi connectivity index (χ2v) is 14.2. The Morgan fingerprint density at radius 3 is 1.91 bits per heavy atom. The van der Waals surface area contributed by atoms with E-state index in [9.17, 15) is 0 Å². The molecule has 5 heteroatoms. The smallest absolute Gasteiger partial charge is 0.197 e. The van der Waals surface area contributed by atoms with Gasteiger partial charge in [-0.05, 0) is 70.1 Å². The van der Waals surface area contributed by atoms with Gasteiger partial charge in [-0.25, -0.2) is 9.97 Å². The molecule has 0 radical (unpaired) electrons. The van der Waals surface area contributed by atoms with E-state index in [-0.39, 0.29) is 0 Å². The predicted octanol–water partition coefficient (Wildman–Crippen LogP) is 12.6. The van der Waals surface area contributed by atoms with Crippen LogP contribution in [0.3, 0.4) is 0 Å². The lowest BCUT2D eigenvalue weighted by Crippen LogP contribution is -2.02. The van der Waals surface area contributed by atoms with E-state index in [1.807, 2.05) is 12.1 Å². The minimum atomic E-state index is 0.660. The summed E-state index contributed by atoms with van der Waals surface area (Å²) in [5.41, 5.74) is 9.03. The summed E-state index contributed by atoms with van der Waals surface area (Å²) in [7, 11) is 0. The Balaban J connectivity index is 1.29. The Bertz CT molecular complexity index is 3700. The van der Waals surface area contributed by atoms with Gasteiger partial charge in [0, 0.05) is 43.3 Å². The molecule has 244 valence electrons. The van der Waals surface area contributed by atoms with E-state index in [0.717, 1.165) is 44.3 Å². The summed E-state index contributed by atoms with van der Waals surface area (Å²) in [5.74, 6) is 1.39. The van der Waals surface area contributed by atoms with Crippen LogP contribution in [-0.4, -0.2) is 18.9 Å². The molecule has 0 unspecified atom stereocenters. The number of furan rings is 1. The van der Waals surface area contributed by atoms with Gasteiger partial charge in [0.15, 0.2) is 17.2 Å². The van der Waals surface area contributed by atoms with Gasteiger partial charge >= 0.3 is 0 Å². The van der Waals surface area contributed by atoms with E-state index in [1.54, 1.807) is 0 Å². The number of rotatable bonds is 2. The van der Waals surface area contributed by atoms with Gasteiger partial charge in [0.1, 0.15) is 11.1 Å². The van der Waals surface area contributed by atoms with Crippen molar-refractivity contribution in [2.45, 2.75) is 0 Å². The summed E-state index contributed by atoms with van der Waals surface area (Å²) in [6, 6.07) is 56.4. The average Bonchev–Trinajstić information content (AvgIpc) is 3.95. The number of hydrogen-bond donors (Lipinski definition) is 0. The SMILES string of the molecule is c1ccc2cc(-c3nc(-n4c5cc6ccccc6cc5c5cc6c7ccccc7n7c8ccccc8c(c54)c67)c4oc5ccccc5c4n3)ccc2c1. The third-order valence-electron chi connectivity index (χ3n) is 11.4. The van der Waals surface area contributed by atoms with E-state index in [1.165, 1.54) is 65.0 Å². The molecule has 0 atom stereocenters. The van der Waals surface area contributed by atoms with Crippen LogP contribution in [-0.2, 0) is 0 Å². The van der Waals surface area contributed by atoms with Gasteiger partial charge in [-0.2, -0.15) is 0 Å². The third kappa shape index (κ3) is 3.51. The minimum absolute atomic E-state index is 0.660. The Morgan fingerprint density at radius 2 is 1.08 bits per heavy atom. The highest BCUT2D eigenvalue weighted by molar-refractivity contribution is 6.34. The van der Waals surface area contributed by atoms with Gasteiger partial charge in [-0.3, -0.25) is 4.57 Å². The zero-order valence-electron chi connectivity index (χ0n) is 28.2. The summed E-state index contributed by atoms with van der Waals surface area (Å²) < 4.78 is 11.6. The highest BCUT2D eigenvalue weighted by Gasteiger charge is 2.27. The lowest BCUT2D eigenvalue weighted by molar-refractivity contribution is 0.662. The highest BCUT2D eigenvalue weighted by atomic mass is 16.3. The zero-order chi connectivity index (χ0) is 34.4. The highest BCUT2D eigenvalue weighted by Crippen LogP contribution is 2.48. The molecule has 13 aromatic rings. The summed E-state index contributed by atoms with van der Waals surface area (Å²) in [5, 5.41) is 13.0. The van der Waals surface area contributed by atoms with E-state index < -0.39 is 0 Å². The van der Waals surface area contributed by atoms with Gasteiger partial charge in [0.2, 0.25) is 0 Å². The van der Waals surface area contributed by atoms with Gasteiger partial charge in [-0.1, -0.05) is 109 Å². The molecule has 0 fully saturated rings. The molecule has 0 aliphatic heterocycles. The van der Waals surface area contributed by atoms with Crippen LogP contribution < -0.4 is 0 Å². The average molecular weight is 675 g/mol. The molecule has 8 aromatic carbocycles. The number of aromatic nitrogens is 4. The summed E-state index contributed by atoms with van der Waals surface area (Å²) >= 11 is 0. The monoisotopic (exact) mass is 674 g/mol. The van der Waals surface area contributed by atoms with Gasteiger partial charge in [0.05, 0.1) is 27.6 Å². The lowest BCUT2D eigenvalue weighted by Gasteiger charge is -2.12. The van der Waals surface area contributed by atoms with Crippen LogP contribution in [0.1, 0.15) is 0 Å². The van der Waals surface area contributed by atoms with E-state index in [2.05, 4.69) is 155 Å². The molecule has 5 heterocycles. The quantitative estimate of drug-likeness (QED) is 0.183. The molecule has 0 aliphatic rings. The lowest BCUT2D eigenvalue weighted by atomic mass is 10.0. The fraction of sp³-hybridized carbons (Fsp3) is 0. The van der Waals surface area contributed by atoms with E-state index in [4.69, 9.17) is 14.4 Å². The van der Waals surface area contributed by atoms with E-state index in [0.29, 0.717) is 11.4 Å². The Kier molecular flexibility index (Phi) is 5.06. The van der Waals surface area contributed by atoms with Crippen molar-refractivity contribution in [3.63, 3.8) is 0 Å². The van der Waals surface area contributed by atoms with Gasteiger partial charge in [-0.15, -0.1) is 0 Å². The fourth-order valence-electron chi connectivity index (χ4n) is 9.09. The first-order valence-corrected chi connectivity index (χ1v) is 18.0. The maximum atomic E-state index is 6.79. The van der Waals surface area contributed by atoms with E-state index >= 15 is 0 Å². The molecule has 0 aliphatic carbocycles. The second kappa shape index (κ2) is 9.75. The molecule has 0 N–H and O–H groups in total. The minimum Gasteiger partial charge on any atom is -0.450 e. The maximum Gasteiger partial charge on any atom is 0.197 e. The maximum absolute atomic E-state index is 6.79. The zero-order valence-corrected chi connectivity index (χ0v) is 28.2. The summed E-state index contributed by atoms with van der Waals surface area (Å²) in [4.78, 5) is 10.8.